The molecule has 4 N–H and O–H groups in total. The minimum absolute atomic E-state index is 0.0238. The number of halogens is 1. The number of hydrogen-bond donors (Lipinski definition) is 4. The highest BCUT2D eigenvalue weighted by molar-refractivity contribution is 6.21. The quantitative estimate of drug-likeness (QED) is 0.229. The van der Waals surface area contributed by atoms with Gasteiger partial charge in [0.15, 0.2) is 6.10 Å². The third kappa shape index (κ3) is 8.54. The number of esters is 1. The molecule has 0 aromatic carbocycles. The molecule has 0 aliphatic carbocycles. The number of hydrazine groups is 2. The number of cyclic esters (lactones) is 1. The van der Waals surface area contributed by atoms with E-state index in [0.29, 0.717) is 12.8 Å². The maximum atomic E-state index is 14.4. The van der Waals surface area contributed by atoms with E-state index in [1.807, 2.05) is 27.7 Å². The maximum absolute atomic E-state index is 14.4. The van der Waals surface area contributed by atoms with Gasteiger partial charge in [-0.3, -0.25) is 34.0 Å². The van der Waals surface area contributed by atoms with Crippen LogP contribution in [-0.4, -0.2) is 135 Å². The van der Waals surface area contributed by atoms with Crippen molar-refractivity contribution in [1.82, 2.24) is 36.0 Å². The van der Waals surface area contributed by atoms with Gasteiger partial charge in [-0.15, -0.1) is 11.6 Å². The van der Waals surface area contributed by atoms with Crippen LogP contribution in [0.25, 0.3) is 0 Å². The highest BCUT2D eigenvalue weighted by Gasteiger charge is 2.49. The van der Waals surface area contributed by atoms with E-state index in [9.17, 15) is 33.9 Å². The van der Waals surface area contributed by atoms with Gasteiger partial charge >= 0.3 is 5.97 Å². The van der Waals surface area contributed by atoms with Crippen molar-refractivity contribution in [1.29, 1.82) is 0 Å². The number of carbonyl (C=O) groups excluding carboxylic acids is 6. The first-order valence-electron chi connectivity index (χ1n) is 18.0. The summed E-state index contributed by atoms with van der Waals surface area (Å²) in [5.41, 5.74) is 5.83. The number of carbonyl (C=O) groups is 6. The smallest absolute Gasteiger partial charge is 0.329 e. The monoisotopic (exact) mass is 725 g/mol. The summed E-state index contributed by atoms with van der Waals surface area (Å²) < 4.78 is 5.93. The van der Waals surface area contributed by atoms with Crippen LogP contribution >= 0.6 is 11.6 Å². The van der Waals surface area contributed by atoms with E-state index in [2.05, 4.69) is 16.2 Å². The molecular weight excluding hydrogens is 670 g/mol. The molecule has 1 unspecified atom stereocenters. The van der Waals surface area contributed by atoms with Crippen molar-refractivity contribution >= 4 is 47.1 Å². The summed E-state index contributed by atoms with van der Waals surface area (Å²) in [6, 6.07) is -5.45. The van der Waals surface area contributed by atoms with Gasteiger partial charge < -0.3 is 25.0 Å². The number of rotatable bonds is 5. The van der Waals surface area contributed by atoms with Crippen LogP contribution in [0, 0.1) is 23.7 Å². The van der Waals surface area contributed by atoms with Crippen molar-refractivity contribution in [3.8, 4) is 0 Å². The fourth-order valence-electron chi connectivity index (χ4n) is 7.24. The van der Waals surface area contributed by atoms with Gasteiger partial charge in [-0.1, -0.05) is 48.5 Å². The average Bonchev–Trinajstić information content (AvgIpc) is 3.47. The fourth-order valence-corrected chi connectivity index (χ4v) is 7.48. The molecule has 4 aliphatic heterocycles. The summed E-state index contributed by atoms with van der Waals surface area (Å²) in [5.74, 6) is -4.59. The van der Waals surface area contributed by atoms with Crippen molar-refractivity contribution in [2.75, 3.05) is 26.7 Å². The molecule has 4 aliphatic rings. The van der Waals surface area contributed by atoms with E-state index >= 15 is 0 Å². The van der Waals surface area contributed by atoms with Crippen LogP contribution in [0.3, 0.4) is 0 Å². The number of likely N-dealkylation sites (N-methyl/N-ethyl adjacent to an activating group) is 1. The van der Waals surface area contributed by atoms with E-state index in [1.165, 1.54) is 16.8 Å². The fraction of sp³-hybridized carbons (Fsp3) is 0.824. The zero-order valence-corrected chi connectivity index (χ0v) is 31.3. The molecule has 0 spiro atoms. The third-order valence-electron chi connectivity index (χ3n) is 10.4. The van der Waals surface area contributed by atoms with Gasteiger partial charge in [0.2, 0.25) is 17.7 Å². The highest BCUT2D eigenvalue weighted by Crippen LogP contribution is 2.29. The number of aliphatic hydroxyl groups is 1. The number of nitrogens with one attached hydrogen (secondary N) is 3. The molecule has 50 heavy (non-hydrogen) atoms. The first-order valence-corrected chi connectivity index (χ1v) is 18.4. The van der Waals surface area contributed by atoms with Crippen LogP contribution in [0.1, 0.15) is 80.6 Å². The van der Waals surface area contributed by atoms with E-state index in [0.717, 1.165) is 10.0 Å². The Balaban J connectivity index is 1.85. The van der Waals surface area contributed by atoms with Gasteiger partial charge in [0, 0.05) is 39.0 Å². The van der Waals surface area contributed by atoms with Gasteiger partial charge in [-0.25, -0.2) is 15.6 Å². The van der Waals surface area contributed by atoms with Crippen LogP contribution in [0.4, 0.5) is 0 Å². The average molecular weight is 726 g/mol. The molecule has 0 bridgehead atoms. The number of fused-ring (bicyclic) bond motifs is 3. The predicted molar refractivity (Wildman–Crippen MR) is 184 cm³/mol. The Morgan fingerprint density at radius 3 is 2.10 bits per heavy atom. The Bertz CT molecular complexity index is 1300. The van der Waals surface area contributed by atoms with Crippen LogP contribution in [0.15, 0.2) is 0 Å². The summed E-state index contributed by atoms with van der Waals surface area (Å²) >= 11 is 6.53. The van der Waals surface area contributed by atoms with E-state index < -0.39 is 95.1 Å². The van der Waals surface area contributed by atoms with Crippen LogP contribution in [0.5, 0.6) is 0 Å². The molecule has 4 rings (SSSR count). The molecule has 0 saturated carbocycles. The number of aliphatic hydroxyl groups excluding tert-OH is 1. The third-order valence-corrected chi connectivity index (χ3v) is 10.7. The molecule has 5 amide bonds. The number of ether oxygens (including phenoxy) is 1. The van der Waals surface area contributed by atoms with Crippen molar-refractivity contribution in [2.45, 2.75) is 128 Å². The Labute approximate surface area is 300 Å². The molecule has 15 nitrogen and oxygen atoms in total. The molecule has 4 heterocycles. The Morgan fingerprint density at radius 2 is 1.48 bits per heavy atom. The topological polar surface area (TPSA) is 181 Å². The highest BCUT2D eigenvalue weighted by atomic mass is 35.5. The number of hydrogen-bond acceptors (Lipinski definition) is 10. The van der Waals surface area contributed by atoms with Crippen molar-refractivity contribution < 1.29 is 38.6 Å². The molecule has 0 radical (unpaired) electrons. The lowest BCUT2D eigenvalue weighted by Gasteiger charge is -2.45. The largest absolute Gasteiger partial charge is 0.450 e. The van der Waals surface area contributed by atoms with Crippen molar-refractivity contribution in [2.24, 2.45) is 23.7 Å². The molecule has 4 saturated heterocycles. The number of β-amino-alcohol motifs (C(OH)–C–C–N with tert-alkyl or cyclic N) is 1. The van der Waals surface area contributed by atoms with Gasteiger partial charge in [0.1, 0.15) is 30.2 Å². The Kier molecular flexibility index (Phi) is 13.2. The molecular formula is C34H56ClN7O8. The molecule has 16 heteroatoms. The molecule has 4 fully saturated rings. The lowest BCUT2D eigenvalue weighted by molar-refractivity contribution is -0.175. The zero-order valence-electron chi connectivity index (χ0n) is 30.6. The van der Waals surface area contributed by atoms with Crippen molar-refractivity contribution in [3.63, 3.8) is 0 Å². The second-order valence-electron chi connectivity index (χ2n) is 15.3. The first kappa shape index (κ1) is 39.8. The van der Waals surface area contributed by atoms with Gasteiger partial charge in [0.25, 0.3) is 11.8 Å². The van der Waals surface area contributed by atoms with E-state index in [4.69, 9.17) is 16.3 Å². The predicted octanol–water partition coefficient (Wildman–Crippen LogP) is 0.388. The summed E-state index contributed by atoms with van der Waals surface area (Å²) in [7, 11) is 1.50. The molecule has 10 atom stereocenters. The zero-order chi connectivity index (χ0) is 37.2. The Morgan fingerprint density at radius 1 is 0.860 bits per heavy atom. The lowest BCUT2D eigenvalue weighted by atomic mass is 9.96. The van der Waals surface area contributed by atoms with E-state index in [-0.39, 0.29) is 50.7 Å². The van der Waals surface area contributed by atoms with E-state index in [1.54, 1.807) is 20.8 Å². The summed E-state index contributed by atoms with van der Waals surface area (Å²) in [6.45, 7) is 13.3. The molecule has 0 aromatic rings. The Hall–Kier alpha value is -3.01. The van der Waals surface area contributed by atoms with Gasteiger partial charge in [-0.05, 0) is 43.4 Å². The number of amides is 5. The molecule has 0 aromatic heterocycles. The summed E-state index contributed by atoms with van der Waals surface area (Å²) in [6.07, 6.45) is -1.29. The maximum Gasteiger partial charge on any atom is 0.329 e. The van der Waals surface area contributed by atoms with Crippen LogP contribution in [-0.2, 0) is 33.5 Å². The normalized spacial score (nSPS) is 34.6. The first-order chi connectivity index (χ1) is 23.5. The van der Waals surface area contributed by atoms with Crippen molar-refractivity contribution in [3.05, 3.63) is 0 Å². The lowest BCUT2D eigenvalue weighted by Crippen LogP contribution is -2.70. The number of nitrogens with zero attached hydrogens (tertiary/aromatic N) is 4. The molecule has 282 valence electrons. The number of alkyl halides is 1. The minimum atomic E-state index is -1.32. The minimum Gasteiger partial charge on any atom is -0.450 e. The van der Waals surface area contributed by atoms with Gasteiger partial charge in [0.05, 0.1) is 11.5 Å². The SMILES string of the molecule is CCC(C)[C@@H]1OC(=O)[C@@H](C(C)C)NC(=O)[C@@H]2C[C@@H](C)CN2C(=O)[C@@H](CC(C)C)N(C)C(=O)[C@@H]2C[C@H](O)CNN2C(=O)[C@H]2C[C@H](Cl)CNN2C1=O. The summed E-state index contributed by atoms with van der Waals surface area (Å²) in [4.78, 5) is 88.2. The second-order valence-corrected chi connectivity index (χ2v) is 15.9. The van der Waals surface area contributed by atoms with Gasteiger partial charge in [-0.2, -0.15) is 0 Å². The second kappa shape index (κ2) is 16.6. The van der Waals surface area contributed by atoms with Crippen LogP contribution < -0.4 is 16.2 Å². The standard InChI is InChI=1S/C34H56ClN7O8/c1-9-20(7)28-33(48)42-25(12-21(35)14-36-42)32(47)41-26(13-22(43)15-37-41)30(45)39(8)24(10-17(2)3)31(46)40-16-19(6)11-23(40)29(44)38-27(18(4)5)34(49)50-28/h17-28,36-37,43H,9-16H2,1-8H3,(H,38,44)/t19-,20?,21+,22+,23+,24-,25-,26+,27-,28+/m1/s1. The van der Waals surface area contributed by atoms with Crippen LogP contribution in [0.2, 0.25) is 0 Å². The summed E-state index contributed by atoms with van der Waals surface area (Å²) in [5, 5.41) is 15.2.